The molecule has 2 heterocycles. The molecule has 0 unspecified atom stereocenters. The van der Waals surface area contributed by atoms with Crippen LogP contribution >= 0.6 is 23.1 Å². The molecule has 0 aliphatic rings. The minimum absolute atomic E-state index is 0.185. The predicted octanol–water partition coefficient (Wildman–Crippen LogP) is 4.17. The lowest BCUT2D eigenvalue weighted by molar-refractivity contribution is 0.0946. The third-order valence-corrected chi connectivity index (χ3v) is 5.40. The number of aromatic nitrogens is 2. The van der Waals surface area contributed by atoms with Gasteiger partial charge in [0.1, 0.15) is 10.8 Å². The number of ether oxygens (including phenoxy) is 1. The summed E-state index contributed by atoms with van der Waals surface area (Å²) in [5, 5.41) is 5.62. The molecule has 134 valence electrons. The van der Waals surface area contributed by atoms with Crippen LogP contribution in [0.25, 0.3) is 10.7 Å². The number of thioether (sulfide) groups is 1. The third-order valence-electron chi connectivity index (χ3n) is 3.85. The van der Waals surface area contributed by atoms with E-state index in [2.05, 4.69) is 15.3 Å². The van der Waals surface area contributed by atoms with E-state index in [4.69, 9.17) is 4.74 Å². The van der Waals surface area contributed by atoms with Gasteiger partial charge in [0.25, 0.3) is 5.91 Å². The molecule has 0 bridgehead atoms. The Labute approximate surface area is 160 Å². The van der Waals surface area contributed by atoms with Gasteiger partial charge in [0.05, 0.1) is 23.2 Å². The Kier molecular flexibility index (Phi) is 5.90. The van der Waals surface area contributed by atoms with Gasteiger partial charge < -0.3 is 10.1 Å². The number of amides is 1. The first-order valence-corrected chi connectivity index (χ1v) is 10.1. The summed E-state index contributed by atoms with van der Waals surface area (Å²) < 4.78 is 5.33. The van der Waals surface area contributed by atoms with Crippen LogP contribution in [-0.4, -0.2) is 29.2 Å². The van der Waals surface area contributed by atoms with Gasteiger partial charge in [-0.25, -0.2) is 9.97 Å². The van der Waals surface area contributed by atoms with E-state index < -0.39 is 0 Å². The molecule has 26 heavy (non-hydrogen) atoms. The van der Waals surface area contributed by atoms with Crippen molar-refractivity contribution in [1.82, 2.24) is 15.3 Å². The molecule has 0 aliphatic carbocycles. The van der Waals surface area contributed by atoms with Crippen molar-refractivity contribution in [2.75, 3.05) is 13.4 Å². The van der Waals surface area contributed by atoms with Crippen molar-refractivity contribution in [2.24, 2.45) is 0 Å². The zero-order chi connectivity index (χ0) is 18.5. The highest BCUT2D eigenvalue weighted by Gasteiger charge is 2.19. The SMILES string of the molecule is COc1ccccc1CNC(=O)c1c(C)nc(-c2cccs2)nc1SC. The van der Waals surface area contributed by atoms with Crippen LogP contribution in [0.1, 0.15) is 21.6 Å². The average molecular weight is 386 g/mol. The van der Waals surface area contributed by atoms with Crippen LogP contribution in [0.2, 0.25) is 0 Å². The predicted molar refractivity (Wildman–Crippen MR) is 106 cm³/mol. The van der Waals surface area contributed by atoms with E-state index in [9.17, 15) is 4.79 Å². The summed E-state index contributed by atoms with van der Waals surface area (Å²) in [4.78, 5) is 22.9. The number of aryl methyl sites for hydroxylation is 1. The van der Waals surface area contributed by atoms with Gasteiger partial charge in [0.2, 0.25) is 0 Å². The number of para-hydroxylation sites is 1. The van der Waals surface area contributed by atoms with Crippen molar-refractivity contribution in [1.29, 1.82) is 0 Å². The minimum Gasteiger partial charge on any atom is -0.496 e. The Bertz CT molecular complexity index is 911. The topological polar surface area (TPSA) is 64.1 Å². The highest BCUT2D eigenvalue weighted by Crippen LogP contribution is 2.27. The average Bonchev–Trinajstić information content (AvgIpc) is 3.20. The lowest BCUT2D eigenvalue weighted by atomic mass is 10.2. The van der Waals surface area contributed by atoms with Crippen molar-refractivity contribution < 1.29 is 9.53 Å². The number of carbonyl (C=O) groups is 1. The normalized spacial score (nSPS) is 10.6. The van der Waals surface area contributed by atoms with E-state index in [-0.39, 0.29) is 5.91 Å². The monoisotopic (exact) mass is 385 g/mol. The standard InChI is InChI=1S/C19H19N3O2S2/c1-12-16(18(23)20-11-13-7-4-5-8-14(13)24-2)19(25-3)22-17(21-12)15-9-6-10-26-15/h4-10H,11H2,1-3H3,(H,20,23). The highest BCUT2D eigenvalue weighted by molar-refractivity contribution is 7.98. The van der Waals surface area contributed by atoms with E-state index >= 15 is 0 Å². The summed E-state index contributed by atoms with van der Waals surface area (Å²) >= 11 is 3.03. The molecular weight excluding hydrogens is 366 g/mol. The molecule has 0 aliphatic heterocycles. The second-order valence-corrected chi connectivity index (χ2v) is 7.23. The van der Waals surface area contributed by atoms with Crippen molar-refractivity contribution in [2.45, 2.75) is 18.5 Å². The minimum atomic E-state index is -0.185. The van der Waals surface area contributed by atoms with Crippen molar-refractivity contribution in [3.63, 3.8) is 0 Å². The maximum atomic E-state index is 12.8. The first-order valence-electron chi connectivity index (χ1n) is 8.00. The number of benzene rings is 1. The molecule has 0 atom stereocenters. The number of nitrogens with zero attached hydrogens (tertiary/aromatic N) is 2. The van der Waals surface area contributed by atoms with Crippen molar-refractivity contribution in [3.05, 3.63) is 58.6 Å². The quantitative estimate of drug-likeness (QED) is 0.509. The van der Waals surface area contributed by atoms with Gasteiger partial charge in [-0.05, 0) is 30.7 Å². The van der Waals surface area contributed by atoms with Gasteiger partial charge in [0, 0.05) is 12.1 Å². The van der Waals surface area contributed by atoms with Crippen LogP contribution in [-0.2, 0) is 6.54 Å². The second-order valence-electron chi connectivity index (χ2n) is 5.49. The Morgan fingerprint density at radius 1 is 1.23 bits per heavy atom. The molecular formula is C19H19N3O2S2. The molecule has 0 spiro atoms. The van der Waals surface area contributed by atoms with Crippen LogP contribution < -0.4 is 10.1 Å². The van der Waals surface area contributed by atoms with E-state index in [0.29, 0.717) is 28.7 Å². The maximum absolute atomic E-state index is 12.8. The number of hydrogen-bond acceptors (Lipinski definition) is 6. The largest absolute Gasteiger partial charge is 0.496 e. The fourth-order valence-corrected chi connectivity index (χ4v) is 3.86. The molecule has 3 rings (SSSR count). The van der Waals surface area contributed by atoms with Crippen LogP contribution in [0.15, 0.2) is 46.8 Å². The van der Waals surface area contributed by atoms with Gasteiger partial charge in [-0.2, -0.15) is 0 Å². The Balaban J connectivity index is 1.85. The summed E-state index contributed by atoms with van der Waals surface area (Å²) in [6, 6.07) is 11.6. The van der Waals surface area contributed by atoms with Crippen LogP contribution in [0, 0.1) is 6.92 Å². The lowest BCUT2D eigenvalue weighted by Gasteiger charge is -2.13. The summed E-state index contributed by atoms with van der Waals surface area (Å²) in [5.74, 6) is 1.22. The Morgan fingerprint density at radius 2 is 2.04 bits per heavy atom. The molecule has 0 saturated heterocycles. The Hall–Kier alpha value is -2.38. The number of nitrogens with one attached hydrogen (secondary N) is 1. The first-order chi connectivity index (χ1) is 12.6. The summed E-state index contributed by atoms with van der Waals surface area (Å²) in [6.45, 7) is 2.22. The molecule has 5 nitrogen and oxygen atoms in total. The van der Waals surface area contributed by atoms with Crippen LogP contribution in [0.3, 0.4) is 0 Å². The zero-order valence-corrected chi connectivity index (χ0v) is 16.4. The molecule has 7 heteroatoms. The molecule has 1 amide bonds. The van der Waals surface area contributed by atoms with Gasteiger partial charge >= 0.3 is 0 Å². The molecule has 1 aromatic carbocycles. The number of rotatable bonds is 6. The first kappa shape index (κ1) is 18.4. The number of thiophene rings is 1. The molecule has 2 aromatic heterocycles. The number of carbonyl (C=O) groups excluding carboxylic acids is 1. The highest BCUT2D eigenvalue weighted by atomic mass is 32.2. The van der Waals surface area contributed by atoms with Crippen molar-refractivity contribution in [3.8, 4) is 16.5 Å². The summed E-state index contributed by atoms with van der Waals surface area (Å²) in [7, 11) is 1.62. The fraction of sp³-hybridized carbons (Fsp3) is 0.211. The fourth-order valence-electron chi connectivity index (χ4n) is 2.58. The van der Waals surface area contributed by atoms with Crippen molar-refractivity contribution >= 4 is 29.0 Å². The number of hydrogen-bond donors (Lipinski definition) is 1. The molecule has 1 N–H and O–H groups in total. The zero-order valence-electron chi connectivity index (χ0n) is 14.8. The van der Waals surface area contributed by atoms with Gasteiger partial charge in [0.15, 0.2) is 5.82 Å². The van der Waals surface area contributed by atoms with E-state index in [0.717, 1.165) is 16.2 Å². The summed E-state index contributed by atoms with van der Waals surface area (Å²) in [6.07, 6.45) is 1.91. The maximum Gasteiger partial charge on any atom is 0.256 e. The molecule has 0 saturated carbocycles. The van der Waals surface area contributed by atoms with E-state index in [1.807, 2.05) is 55.0 Å². The molecule has 0 radical (unpaired) electrons. The van der Waals surface area contributed by atoms with Gasteiger partial charge in [-0.3, -0.25) is 4.79 Å². The van der Waals surface area contributed by atoms with E-state index in [1.165, 1.54) is 11.8 Å². The smallest absolute Gasteiger partial charge is 0.256 e. The van der Waals surface area contributed by atoms with E-state index in [1.54, 1.807) is 18.4 Å². The molecule has 3 aromatic rings. The Morgan fingerprint density at radius 3 is 2.73 bits per heavy atom. The summed E-state index contributed by atoms with van der Waals surface area (Å²) in [5.41, 5.74) is 2.11. The third kappa shape index (κ3) is 3.89. The van der Waals surface area contributed by atoms with Gasteiger partial charge in [-0.15, -0.1) is 23.1 Å². The van der Waals surface area contributed by atoms with Crippen LogP contribution in [0.4, 0.5) is 0 Å². The number of methoxy groups -OCH3 is 1. The van der Waals surface area contributed by atoms with Crippen LogP contribution in [0.5, 0.6) is 5.75 Å². The second kappa shape index (κ2) is 8.33. The lowest BCUT2D eigenvalue weighted by Crippen LogP contribution is -2.25. The van der Waals surface area contributed by atoms with Gasteiger partial charge in [-0.1, -0.05) is 24.3 Å². The molecule has 0 fully saturated rings.